The summed E-state index contributed by atoms with van der Waals surface area (Å²) in [6.07, 6.45) is 0.281. The summed E-state index contributed by atoms with van der Waals surface area (Å²) in [6, 6.07) is 17.0. The first-order chi connectivity index (χ1) is 17.6. The van der Waals surface area contributed by atoms with E-state index in [9.17, 15) is 18.0 Å². The number of nitrogens with zero attached hydrogens (tertiary/aromatic N) is 4. The van der Waals surface area contributed by atoms with Crippen molar-refractivity contribution in [3.05, 3.63) is 93.8 Å². The zero-order valence-corrected chi connectivity index (χ0v) is 21.1. The first-order valence-corrected chi connectivity index (χ1v) is 12.5. The molecule has 2 unspecified atom stereocenters. The van der Waals surface area contributed by atoms with Gasteiger partial charge in [0.15, 0.2) is 5.69 Å². The van der Waals surface area contributed by atoms with Crippen LogP contribution in [-0.2, 0) is 17.5 Å². The van der Waals surface area contributed by atoms with Crippen LogP contribution in [0.25, 0.3) is 6.08 Å². The average molecular weight is 507 g/mol. The number of hydrogen-bond acceptors (Lipinski definition) is 3. The van der Waals surface area contributed by atoms with Crippen LogP contribution in [0.4, 0.5) is 13.2 Å². The Balaban J connectivity index is 1.51. The SMILES string of the molecule is Cc1ccc(/C=C2/CCCC3C2=NN(C(=O)Cn2nc(C(F)(F)F)cc2C)C3c2ccc(C)cc2)cc1. The smallest absolute Gasteiger partial charge is 0.271 e. The summed E-state index contributed by atoms with van der Waals surface area (Å²) in [7, 11) is 0. The normalized spacial score (nSPS) is 20.8. The van der Waals surface area contributed by atoms with Crippen molar-refractivity contribution in [1.82, 2.24) is 14.8 Å². The Labute approximate surface area is 214 Å². The summed E-state index contributed by atoms with van der Waals surface area (Å²) in [5.41, 5.74) is 5.59. The number of rotatable bonds is 4. The summed E-state index contributed by atoms with van der Waals surface area (Å²) in [5.74, 6) is -0.372. The van der Waals surface area contributed by atoms with E-state index in [1.54, 1.807) is 0 Å². The van der Waals surface area contributed by atoms with Gasteiger partial charge < -0.3 is 0 Å². The van der Waals surface area contributed by atoms with E-state index < -0.39 is 11.9 Å². The van der Waals surface area contributed by atoms with Gasteiger partial charge in [0, 0.05) is 11.6 Å². The molecule has 5 nitrogen and oxygen atoms in total. The molecule has 1 saturated carbocycles. The van der Waals surface area contributed by atoms with E-state index in [-0.39, 0.29) is 30.1 Å². The van der Waals surface area contributed by atoms with Crippen LogP contribution >= 0.6 is 0 Å². The Morgan fingerprint density at radius 3 is 2.30 bits per heavy atom. The molecule has 0 bridgehead atoms. The molecule has 8 heteroatoms. The van der Waals surface area contributed by atoms with Crippen LogP contribution in [0.3, 0.4) is 0 Å². The molecule has 2 aliphatic rings. The van der Waals surface area contributed by atoms with Crippen molar-refractivity contribution in [1.29, 1.82) is 0 Å². The lowest BCUT2D eigenvalue weighted by Crippen LogP contribution is -2.34. The predicted molar refractivity (Wildman–Crippen MR) is 137 cm³/mol. The first kappa shape index (κ1) is 25.0. The second kappa shape index (κ2) is 9.65. The number of aryl methyl sites for hydroxylation is 3. The Hall–Kier alpha value is -3.68. The molecule has 37 heavy (non-hydrogen) atoms. The number of benzene rings is 2. The minimum atomic E-state index is -4.57. The molecule has 2 aromatic carbocycles. The van der Waals surface area contributed by atoms with Gasteiger partial charge in [-0.3, -0.25) is 9.48 Å². The summed E-state index contributed by atoms with van der Waals surface area (Å²) in [5, 5.41) is 9.97. The van der Waals surface area contributed by atoms with E-state index in [1.807, 2.05) is 38.1 Å². The quantitative estimate of drug-likeness (QED) is 0.398. The number of aromatic nitrogens is 2. The van der Waals surface area contributed by atoms with E-state index in [4.69, 9.17) is 5.10 Å². The van der Waals surface area contributed by atoms with Crippen molar-refractivity contribution < 1.29 is 18.0 Å². The summed E-state index contributed by atoms with van der Waals surface area (Å²) < 4.78 is 40.7. The molecular weight excluding hydrogens is 477 g/mol. The van der Waals surface area contributed by atoms with E-state index in [1.165, 1.54) is 17.5 Å². The summed E-state index contributed by atoms with van der Waals surface area (Å²) in [4.78, 5) is 13.6. The lowest BCUT2D eigenvalue weighted by molar-refractivity contribution is -0.142. The molecule has 5 rings (SSSR count). The van der Waals surface area contributed by atoms with Gasteiger partial charge in [-0.15, -0.1) is 0 Å². The fourth-order valence-corrected chi connectivity index (χ4v) is 5.18. The van der Waals surface area contributed by atoms with Gasteiger partial charge >= 0.3 is 6.18 Å². The van der Waals surface area contributed by atoms with Crippen LogP contribution in [0.1, 0.15) is 58.9 Å². The average Bonchev–Trinajstić information content (AvgIpc) is 3.43. The van der Waals surface area contributed by atoms with E-state index >= 15 is 0 Å². The lowest BCUT2D eigenvalue weighted by Gasteiger charge is -2.29. The Bertz CT molecular complexity index is 1370. The topological polar surface area (TPSA) is 50.5 Å². The monoisotopic (exact) mass is 506 g/mol. The van der Waals surface area contributed by atoms with E-state index in [0.29, 0.717) is 0 Å². The van der Waals surface area contributed by atoms with Crippen LogP contribution in [0.5, 0.6) is 0 Å². The number of alkyl halides is 3. The van der Waals surface area contributed by atoms with Gasteiger partial charge in [0.2, 0.25) is 0 Å². The number of hydrogen-bond donors (Lipinski definition) is 0. The maximum atomic E-state index is 13.6. The second-order valence-corrected chi connectivity index (χ2v) is 9.98. The fraction of sp³-hybridized carbons (Fsp3) is 0.345. The van der Waals surface area contributed by atoms with Gasteiger partial charge in [0.1, 0.15) is 6.54 Å². The zero-order chi connectivity index (χ0) is 26.3. The van der Waals surface area contributed by atoms with Gasteiger partial charge in [0.25, 0.3) is 5.91 Å². The van der Waals surface area contributed by atoms with Gasteiger partial charge in [-0.05, 0) is 68.9 Å². The van der Waals surface area contributed by atoms with Crippen molar-refractivity contribution in [2.45, 2.75) is 58.8 Å². The summed E-state index contributed by atoms with van der Waals surface area (Å²) in [6.45, 7) is 5.25. The molecule has 2 heterocycles. The standard InChI is InChI=1S/C29H29F3N4O/c1-18-7-11-21(12-8-18)16-23-5-4-6-24-27(23)34-36(28(24)22-13-9-19(2)10-14-22)26(37)17-35-20(3)15-25(33-35)29(30,31)32/h7-16,24,28H,4-6,17H2,1-3H3/b23-16-. The minimum absolute atomic E-state index is 0.0153. The maximum absolute atomic E-state index is 13.6. The van der Waals surface area contributed by atoms with Crippen LogP contribution in [-0.4, -0.2) is 26.4 Å². The van der Waals surface area contributed by atoms with Crippen LogP contribution in [0.15, 0.2) is 65.3 Å². The molecule has 1 aliphatic heterocycles. The molecule has 0 spiro atoms. The molecule has 1 fully saturated rings. The molecule has 1 amide bonds. The van der Waals surface area contributed by atoms with Crippen molar-refractivity contribution in [2.75, 3.05) is 0 Å². The molecule has 0 N–H and O–H groups in total. The molecule has 1 aliphatic carbocycles. The molecular formula is C29H29F3N4O. The van der Waals surface area contributed by atoms with Gasteiger partial charge in [0.05, 0.1) is 11.8 Å². The molecule has 192 valence electrons. The highest BCUT2D eigenvalue weighted by atomic mass is 19.4. The maximum Gasteiger partial charge on any atom is 0.435 e. The largest absolute Gasteiger partial charge is 0.435 e. The van der Waals surface area contributed by atoms with Crippen LogP contribution in [0.2, 0.25) is 0 Å². The van der Waals surface area contributed by atoms with Crippen molar-refractivity contribution in [3.63, 3.8) is 0 Å². The van der Waals surface area contributed by atoms with Crippen molar-refractivity contribution in [2.24, 2.45) is 11.0 Å². The number of amides is 1. The highest BCUT2D eigenvalue weighted by Crippen LogP contribution is 2.44. The molecule has 2 atom stereocenters. The molecule has 3 aromatic rings. The Kier molecular flexibility index (Phi) is 6.52. The molecule has 0 saturated heterocycles. The van der Waals surface area contributed by atoms with Crippen molar-refractivity contribution in [3.8, 4) is 0 Å². The fourth-order valence-electron chi connectivity index (χ4n) is 5.18. The highest BCUT2D eigenvalue weighted by Gasteiger charge is 2.44. The number of carbonyl (C=O) groups excluding carboxylic acids is 1. The number of hydrazone groups is 1. The lowest BCUT2D eigenvalue weighted by atomic mass is 9.77. The number of fused-ring (bicyclic) bond motifs is 1. The van der Waals surface area contributed by atoms with E-state index in [2.05, 4.69) is 35.4 Å². The molecule has 1 aromatic heterocycles. The third-order valence-electron chi connectivity index (χ3n) is 7.15. The van der Waals surface area contributed by atoms with Crippen molar-refractivity contribution >= 4 is 17.7 Å². The highest BCUT2D eigenvalue weighted by molar-refractivity contribution is 6.08. The predicted octanol–water partition coefficient (Wildman–Crippen LogP) is 6.65. The zero-order valence-electron chi connectivity index (χ0n) is 21.1. The number of halogens is 3. The van der Waals surface area contributed by atoms with Gasteiger partial charge in [-0.1, -0.05) is 59.7 Å². The number of carbonyl (C=O) groups is 1. The Morgan fingerprint density at radius 2 is 1.68 bits per heavy atom. The number of allylic oxidation sites excluding steroid dienone is 1. The minimum Gasteiger partial charge on any atom is -0.271 e. The van der Waals surface area contributed by atoms with Gasteiger partial charge in [-0.25, -0.2) is 5.01 Å². The Morgan fingerprint density at radius 1 is 1.03 bits per heavy atom. The summed E-state index contributed by atoms with van der Waals surface area (Å²) >= 11 is 0. The second-order valence-electron chi connectivity index (χ2n) is 9.98. The first-order valence-electron chi connectivity index (χ1n) is 12.5. The third kappa shape index (κ3) is 5.10. The third-order valence-corrected chi connectivity index (χ3v) is 7.15. The van der Waals surface area contributed by atoms with Crippen LogP contribution in [0, 0.1) is 26.7 Å². The van der Waals surface area contributed by atoms with E-state index in [0.717, 1.165) is 58.0 Å². The van der Waals surface area contributed by atoms with Gasteiger partial charge in [-0.2, -0.15) is 23.4 Å². The van der Waals surface area contributed by atoms with Crippen LogP contribution < -0.4 is 0 Å². The molecule has 0 radical (unpaired) electrons.